The summed E-state index contributed by atoms with van der Waals surface area (Å²) < 4.78 is 22.4. The Morgan fingerprint density at radius 1 is 1.24 bits per heavy atom. The zero-order chi connectivity index (χ0) is 15.5. The fourth-order valence-corrected chi connectivity index (χ4v) is 2.52. The fraction of sp³-hybridized carbons (Fsp3) is 0.267. The van der Waals surface area contributed by atoms with Gasteiger partial charge in [-0.15, -0.1) is 0 Å². The molecule has 112 valence electrons. The van der Waals surface area contributed by atoms with Crippen LogP contribution < -0.4 is 10.5 Å². The number of nitrogens with two attached hydrogens (primary N) is 1. The van der Waals surface area contributed by atoms with Gasteiger partial charge in [0.1, 0.15) is 0 Å². The first-order valence-electron chi connectivity index (χ1n) is 6.63. The number of aryl methyl sites for hydroxylation is 1. The van der Waals surface area contributed by atoms with Crippen molar-refractivity contribution in [1.82, 2.24) is 10.3 Å². The number of hydrogen-bond donors (Lipinski definition) is 2. The third kappa shape index (κ3) is 4.10. The summed E-state index contributed by atoms with van der Waals surface area (Å²) in [6.45, 7) is 4.78. The maximum absolute atomic E-state index is 11.2. The maximum atomic E-state index is 11.2. The molecule has 0 amide bonds. The molecule has 6 heteroatoms. The van der Waals surface area contributed by atoms with Crippen LogP contribution in [0.5, 0.6) is 0 Å². The van der Waals surface area contributed by atoms with Crippen molar-refractivity contribution in [2.45, 2.75) is 31.3 Å². The highest BCUT2D eigenvalue weighted by molar-refractivity contribution is 7.89. The van der Waals surface area contributed by atoms with Gasteiger partial charge in [-0.05, 0) is 48.7 Å². The second kappa shape index (κ2) is 6.34. The highest BCUT2D eigenvalue weighted by Crippen LogP contribution is 2.16. The van der Waals surface area contributed by atoms with E-state index in [2.05, 4.69) is 10.3 Å². The van der Waals surface area contributed by atoms with Gasteiger partial charge in [0, 0.05) is 25.0 Å². The first-order chi connectivity index (χ1) is 9.88. The van der Waals surface area contributed by atoms with Gasteiger partial charge in [-0.2, -0.15) is 0 Å². The standard InChI is InChI=1S/C15H19N3O2S/c1-11-7-8-17-9-14(11)10-18-12(2)13-3-5-15(6-4-13)21(16,19)20/h3-9,12,18H,10H2,1-2H3,(H2,16,19,20). The molecule has 0 fully saturated rings. The van der Waals surface area contributed by atoms with Crippen LogP contribution in [0.25, 0.3) is 0 Å². The summed E-state index contributed by atoms with van der Waals surface area (Å²) in [7, 11) is -3.63. The molecule has 0 radical (unpaired) electrons. The predicted octanol–water partition coefficient (Wildman–Crippen LogP) is 1.89. The van der Waals surface area contributed by atoms with Crippen molar-refractivity contribution in [3.63, 3.8) is 0 Å². The minimum absolute atomic E-state index is 0.0964. The minimum atomic E-state index is -3.63. The average Bonchev–Trinajstić information content (AvgIpc) is 2.45. The fourth-order valence-electron chi connectivity index (χ4n) is 2.01. The smallest absolute Gasteiger partial charge is 0.238 e. The van der Waals surface area contributed by atoms with Crippen LogP contribution in [0.4, 0.5) is 0 Å². The van der Waals surface area contributed by atoms with Gasteiger partial charge in [0.15, 0.2) is 0 Å². The summed E-state index contributed by atoms with van der Waals surface area (Å²) in [5, 5.41) is 8.48. The Balaban J connectivity index is 2.04. The summed E-state index contributed by atoms with van der Waals surface area (Å²) in [5.41, 5.74) is 3.34. The van der Waals surface area contributed by atoms with Crippen molar-refractivity contribution in [3.05, 3.63) is 59.4 Å². The Hall–Kier alpha value is -1.76. The number of benzene rings is 1. The van der Waals surface area contributed by atoms with Gasteiger partial charge in [0.2, 0.25) is 10.0 Å². The highest BCUT2D eigenvalue weighted by Gasteiger charge is 2.10. The zero-order valence-corrected chi connectivity index (χ0v) is 12.9. The highest BCUT2D eigenvalue weighted by atomic mass is 32.2. The number of nitrogens with zero attached hydrogens (tertiary/aromatic N) is 1. The first kappa shape index (κ1) is 15.6. The third-order valence-electron chi connectivity index (χ3n) is 3.45. The molecule has 0 aliphatic carbocycles. The predicted molar refractivity (Wildman–Crippen MR) is 82.0 cm³/mol. The molecule has 21 heavy (non-hydrogen) atoms. The number of pyridine rings is 1. The molecule has 1 unspecified atom stereocenters. The lowest BCUT2D eigenvalue weighted by Gasteiger charge is -2.15. The molecule has 0 saturated carbocycles. The van der Waals surface area contributed by atoms with Crippen molar-refractivity contribution in [1.29, 1.82) is 0 Å². The van der Waals surface area contributed by atoms with E-state index in [1.165, 1.54) is 17.7 Å². The number of primary sulfonamides is 1. The summed E-state index contributed by atoms with van der Waals surface area (Å²) in [6, 6.07) is 8.67. The lowest BCUT2D eigenvalue weighted by molar-refractivity contribution is 0.571. The van der Waals surface area contributed by atoms with Crippen molar-refractivity contribution < 1.29 is 8.42 Å². The SMILES string of the molecule is Cc1ccncc1CNC(C)c1ccc(S(N)(=O)=O)cc1. The second-order valence-electron chi connectivity index (χ2n) is 5.02. The Morgan fingerprint density at radius 2 is 1.90 bits per heavy atom. The molecule has 0 bridgehead atoms. The van der Waals surface area contributed by atoms with Crippen molar-refractivity contribution >= 4 is 10.0 Å². The van der Waals surface area contributed by atoms with Gasteiger partial charge in [-0.25, -0.2) is 13.6 Å². The van der Waals surface area contributed by atoms with Crippen LogP contribution in [0.2, 0.25) is 0 Å². The lowest BCUT2D eigenvalue weighted by atomic mass is 10.1. The van der Waals surface area contributed by atoms with Crippen LogP contribution in [0.3, 0.4) is 0 Å². The van der Waals surface area contributed by atoms with Gasteiger partial charge < -0.3 is 5.32 Å². The van der Waals surface area contributed by atoms with E-state index >= 15 is 0 Å². The second-order valence-corrected chi connectivity index (χ2v) is 6.58. The summed E-state index contributed by atoms with van der Waals surface area (Å²) in [6.07, 6.45) is 3.62. The van der Waals surface area contributed by atoms with Crippen LogP contribution in [0.15, 0.2) is 47.6 Å². The Kier molecular flexibility index (Phi) is 4.72. The van der Waals surface area contributed by atoms with E-state index in [0.29, 0.717) is 6.54 Å². The molecule has 3 N–H and O–H groups in total. The van der Waals surface area contributed by atoms with Gasteiger partial charge >= 0.3 is 0 Å². The van der Waals surface area contributed by atoms with Crippen molar-refractivity contribution in [2.75, 3.05) is 0 Å². The van der Waals surface area contributed by atoms with Crippen molar-refractivity contribution in [2.24, 2.45) is 5.14 Å². The van der Waals surface area contributed by atoms with Crippen LogP contribution in [-0.2, 0) is 16.6 Å². The van der Waals surface area contributed by atoms with E-state index in [4.69, 9.17) is 5.14 Å². The van der Waals surface area contributed by atoms with E-state index in [9.17, 15) is 8.42 Å². The summed E-state index contributed by atoms with van der Waals surface area (Å²) in [4.78, 5) is 4.24. The summed E-state index contributed by atoms with van der Waals surface area (Å²) in [5.74, 6) is 0. The molecule has 5 nitrogen and oxygen atoms in total. The van der Waals surface area contributed by atoms with Gasteiger partial charge in [-0.3, -0.25) is 4.98 Å². The van der Waals surface area contributed by atoms with E-state index in [1.807, 2.05) is 26.1 Å². The van der Waals surface area contributed by atoms with Crippen LogP contribution in [0, 0.1) is 6.92 Å². The van der Waals surface area contributed by atoms with Crippen molar-refractivity contribution in [3.8, 4) is 0 Å². The van der Waals surface area contributed by atoms with Gasteiger partial charge in [0.25, 0.3) is 0 Å². The molecule has 0 spiro atoms. The quantitative estimate of drug-likeness (QED) is 0.883. The summed E-state index contributed by atoms with van der Waals surface area (Å²) >= 11 is 0. The molecule has 0 saturated heterocycles. The van der Waals surface area contributed by atoms with Crippen LogP contribution in [0.1, 0.15) is 29.7 Å². The van der Waals surface area contributed by atoms with E-state index in [1.54, 1.807) is 18.3 Å². The third-order valence-corrected chi connectivity index (χ3v) is 4.38. The Morgan fingerprint density at radius 3 is 2.48 bits per heavy atom. The average molecular weight is 305 g/mol. The molecule has 1 aromatic carbocycles. The number of rotatable bonds is 5. The van der Waals surface area contributed by atoms with E-state index in [-0.39, 0.29) is 10.9 Å². The lowest BCUT2D eigenvalue weighted by Crippen LogP contribution is -2.19. The number of hydrogen-bond acceptors (Lipinski definition) is 4. The van der Waals surface area contributed by atoms with E-state index < -0.39 is 10.0 Å². The molecule has 1 atom stereocenters. The normalized spacial score (nSPS) is 13.1. The zero-order valence-electron chi connectivity index (χ0n) is 12.1. The first-order valence-corrected chi connectivity index (χ1v) is 8.18. The topological polar surface area (TPSA) is 85.1 Å². The van der Waals surface area contributed by atoms with Gasteiger partial charge in [-0.1, -0.05) is 12.1 Å². The van der Waals surface area contributed by atoms with Crippen LogP contribution in [-0.4, -0.2) is 13.4 Å². The maximum Gasteiger partial charge on any atom is 0.238 e. The largest absolute Gasteiger partial charge is 0.306 e. The number of sulfonamides is 1. The minimum Gasteiger partial charge on any atom is -0.306 e. The molecular weight excluding hydrogens is 286 g/mol. The monoisotopic (exact) mass is 305 g/mol. The number of nitrogens with one attached hydrogen (secondary N) is 1. The molecule has 2 aromatic rings. The molecular formula is C15H19N3O2S. The Labute approximate surface area is 125 Å². The number of aromatic nitrogens is 1. The molecule has 0 aliphatic rings. The van der Waals surface area contributed by atoms with E-state index in [0.717, 1.165) is 11.1 Å². The molecule has 1 heterocycles. The molecule has 0 aliphatic heterocycles. The van der Waals surface area contributed by atoms with Gasteiger partial charge in [0.05, 0.1) is 4.90 Å². The Bertz CT molecular complexity index is 712. The van der Waals surface area contributed by atoms with Crippen LogP contribution >= 0.6 is 0 Å². The molecule has 1 aromatic heterocycles. The molecule has 2 rings (SSSR count).